The van der Waals surface area contributed by atoms with Gasteiger partial charge >= 0.3 is 0 Å². The fraction of sp³-hybridized carbons (Fsp3) is 0.812. The highest BCUT2D eigenvalue weighted by Gasteiger charge is 2.23. The van der Waals surface area contributed by atoms with E-state index in [9.17, 15) is 0 Å². The summed E-state index contributed by atoms with van der Waals surface area (Å²) in [5.74, 6) is 0. The molecule has 1 aliphatic heterocycles. The SMILES string of the molecule is CCCN1CCN(c2nc(CC)c(CNC3CC3)s2)CC1. The lowest BCUT2D eigenvalue weighted by atomic mass is 10.3. The number of thiazole rings is 1. The Morgan fingerprint density at radius 1 is 1.19 bits per heavy atom. The van der Waals surface area contributed by atoms with Crippen molar-refractivity contribution in [2.75, 3.05) is 37.6 Å². The molecule has 2 fully saturated rings. The van der Waals surface area contributed by atoms with Crippen molar-refractivity contribution < 1.29 is 0 Å². The van der Waals surface area contributed by atoms with Gasteiger partial charge in [-0.25, -0.2) is 4.98 Å². The normalized spacial score (nSPS) is 20.2. The maximum absolute atomic E-state index is 4.91. The molecule has 0 atom stereocenters. The Kier molecular flexibility index (Phi) is 5.14. The van der Waals surface area contributed by atoms with Gasteiger partial charge in [0.15, 0.2) is 5.13 Å². The van der Waals surface area contributed by atoms with Crippen molar-refractivity contribution in [3.63, 3.8) is 0 Å². The van der Waals surface area contributed by atoms with Crippen LogP contribution in [0.2, 0.25) is 0 Å². The number of nitrogens with one attached hydrogen (secondary N) is 1. The number of hydrogen-bond acceptors (Lipinski definition) is 5. The van der Waals surface area contributed by atoms with Gasteiger partial charge in [-0.3, -0.25) is 4.90 Å². The topological polar surface area (TPSA) is 31.4 Å². The average molecular weight is 308 g/mol. The van der Waals surface area contributed by atoms with E-state index >= 15 is 0 Å². The molecule has 118 valence electrons. The summed E-state index contributed by atoms with van der Waals surface area (Å²) in [6, 6.07) is 0.776. The van der Waals surface area contributed by atoms with Crippen LogP contribution in [0.15, 0.2) is 0 Å². The second-order valence-corrected chi connectivity index (χ2v) is 7.27. The Labute approximate surface area is 132 Å². The minimum atomic E-state index is 0.776. The number of aromatic nitrogens is 1. The first kappa shape index (κ1) is 15.3. The van der Waals surface area contributed by atoms with Crippen molar-refractivity contribution in [1.29, 1.82) is 0 Å². The van der Waals surface area contributed by atoms with Crippen LogP contribution in [0.3, 0.4) is 0 Å². The molecule has 0 radical (unpaired) electrons. The first-order valence-corrected chi connectivity index (χ1v) is 9.31. The number of piperazine rings is 1. The Hall–Kier alpha value is -0.650. The maximum atomic E-state index is 4.91. The molecule has 0 amide bonds. The summed E-state index contributed by atoms with van der Waals surface area (Å²) < 4.78 is 0. The van der Waals surface area contributed by atoms with Gasteiger partial charge < -0.3 is 10.2 Å². The Bertz CT molecular complexity index is 447. The van der Waals surface area contributed by atoms with E-state index in [1.807, 2.05) is 11.3 Å². The highest BCUT2D eigenvalue weighted by molar-refractivity contribution is 7.15. The molecule has 0 unspecified atom stereocenters. The molecular formula is C16H28N4S. The second-order valence-electron chi connectivity index (χ2n) is 6.20. The zero-order valence-corrected chi connectivity index (χ0v) is 14.2. The Balaban J connectivity index is 1.59. The van der Waals surface area contributed by atoms with Crippen LogP contribution in [0.25, 0.3) is 0 Å². The van der Waals surface area contributed by atoms with Crippen LogP contribution < -0.4 is 10.2 Å². The third kappa shape index (κ3) is 3.96. The van der Waals surface area contributed by atoms with Crippen molar-refractivity contribution in [2.24, 2.45) is 0 Å². The van der Waals surface area contributed by atoms with Crippen LogP contribution in [0, 0.1) is 0 Å². The first-order chi connectivity index (χ1) is 10.3. The van der Waals surface area contributed by atoms with Crippen LogP contribution in [0.4, 0.5) is 5.13 Å². The molecule has 3 rings (SSSR count). The number of rotatable bonds is 7. The summed E-state index contributed by atoms with van der Waals surface area (Å²) in [5.41, 5.74) is 1.30. The monoisotopic (exact) mass is 308 g/mol. The minimum Gasteiger partial charge on any atom is -0.346 e. The number of hydrogen-bond donors (Lipinski definition) is 1. The predicted octanol–water partition coefficient (Wildman–Crippen LogP) is 2.49. The van der Waals surface area contributed by atoms with Gasteiger partial charge in [-0.15, -0.1) is 11.3 Å². The van der Waals surface area contributed by atoms with Gasteiger partial charge in [0, 0.05) is 43.6 Å². The molecule has 1 aromatic rings. The second kappa shape index (κ2) is 7.07. The van der Waals surface area contributed by atoms with Crippen LogP contribution in [-0.4, -0.2) is 48.6 Å². The third-order valence-electron chi connectivity index (χ3n) is 4.41. The molecule has 1 N–H and O–H groups in total. The molecule has 1 saturated heterocycles. The van der Waals surface area contributed by atoms with Crippen LogP contribution in [0.1, 0.15) is 43.7 Å². The number of anilines is 1. The van der Waals surface area contributed by atoms with Crippen LogP contribution in [-0.2, 0) is 13.0 Å². The molecular weight excluding hydrogens is 280 g/mol. The smallest absolute Gasteiger partial charge is 0.185 e. The van der Waals surface area contributed by atoms with E-state index in [0.29, 0.717) is 0 Å². The zero-order valence-electron chi connectivity index (χ0n) is 13.4. The Morgan fingerprint density at radius 2 is 1.95 bits per heavy atom. The molecule has 1 aromatic heterocycles. The van der Waals surface area contributed by atoms with Gasteiger partial charge in [-0.2, -0.15) is 0 Å². The summed E-state index contributed by atoms with van der Waals surface area (Å²) in [4.78, 5) is 11.4. The molecule has 4 nitrogen and oxygen atoms in total. The molecule has 1 aliphatic carbocycles. The van der Waals surface area contributed by atoms with E-state index in [2.05, 4.69) is 29.0 Å². The van der Waals surface area contributed by atoms with Gasteiger partial charge in [-0.1, -0.05) is 13.8 Å². The molecule has 0 spiro atoms. The van der Waals surface area contributed by atoms with Gasteiger partial charge in [0.2, 0.25) is 0 Å². The van der Waals surface area contributed by atoms with Gasteiger partial charge in [0.05, 0.1) is 5.69 Å². The van der Waals surface area contributed by atoms with Crippen molar-refractivity contribution >= 4 is 16.5 Å². The van der Waals surface area contributed by atoms with E-state index < -0.39 is 0 Å². The first-order valence-electron chi connectivity index (χ1n) is 8.49. The number of nitrogens with zero attached hydrogens (tertiary/aromatic N) is 3. The zero-order chi connectivity index (χ0) is 14.7. The van der Waals surface area contributed by atoms with Crippen LogP contribution in [0.5, 0.6) is 0 Å². The molecule has 0 aromatic carbocycles. The van der Waals surface area contributed by atoms with Crippen LogP contribution >= 0.6 is 11.3 Å². The van der Waals surface area contributed by atoms with Crippen molar-refractivity contribution in [3.05, 3.63) is 10.6 Å². The van der Waals surface area contributed by atoms with E-state index in [-0.39, 0.29) is 0 Å². The fourth-order valence-corrected chi connectivity index (χ4v) is 4.07. The lowest BCUT2D eigenvalue weighted by molar-refractivity contribution is 0.258. The fourth-order valence-electron chi connectivity index (χ4n) is 2.92. The van der Waals surface area contributed by atoms with Gasteiger partial charge in [0.25, 0.3) is 0 Å². The molecule has 2 aliphatic rings. The van der Waals surface area contributed by atoms with Crippen molar-refractivity contribution in [1.82, 2.24) is 15.2 Å². The summed E-state index contributed by atoms with van der Waals surface area (Å²) in [6.07, 6.45) is 5.02. The average Bonchev–Trinajstić information content (AvgIpc) is 3.25. The molecule has 5 heteroatoms. The maximum Gasteiger partial charge on any atom is 0.185 e. The van der Waals surface area contributed by atoms with E-state index in [1.54, 1.807) is 0 Å². The summed E-state index contributed by atoms with van der Waals surface area (Å²) in [5, 5.41) is 4.88. The minimum absolute atomic E-state index is 0.776. The predicted molar refractivity (Wildman–Crippen MR) is 90.3 cm³/mol. The van der Waals surface area contributed by atoms with E-state index in [4.69, 9.17) is 4.98 Å². The van der Waals surface area contributed by atoms with E-state index in [1.165, 1.54) is 54.6 Å². The van der Waals surface area contributed by atoms with Crippen molar-refractivity contribution in [2.45, 2.75) is 52.1 Å². The summed E-state index contributed by atoms with van der Waals surface area (Å²) in [6.45, 7) is 11.4. The Morgan fingerprint density at radius 3 is 2.57 bits per heavy atom. The molecule has 21 heavy (non-hydrogen) atoms. The quantitative estimate of drug-likeness (QED) is 0.838. The van der Waals surface area contributed by atoms with Gasteiger partial charge in [-0.05, 0) is 32.2 Å². The number of aryl methyl sites for hydroxylation is 1. The van der Waals surface area contributed by atoms with Crippen molar-refractivity contribution in [3.8, 4) is 0 Å². The standard InChI is InChI=1S/C16H28N4S/c1-3-7-19-8-10-20(11-9-19)16-18-14(4-2)15(21-16)12-17-13-5-6-13/h13,17H,3-12H2,1-2H3. The largest absolute Gasteiger partial charge is 0.346 e. The summed E-state index contributed by atoms with van der Waals surface area (Å²) >= 11 is 1.91. The third-order valence-corrected chi connectivity index (χ3v) is 5.57. The lowest BCUT2D eigenvalue weighted by Crippen LogP contribution is -2.46. The van der Waals surface area contributed by atoms with Gasteiger partial charge in [0.1, 0.15) is 0 Å². The molecule has 2 heterocycles. The molecule has 0 bridgehead atoms. The highest BCUT2D eigenvalue weighted by atomic mass is 32.1. The lowest BCUT2D eigenvalue weighted by Gasteiger charge is -2.34. The summed E-state index contributed by atoms with van der Waals surface area (Å²) in [7, 11) is 0. The highest BCUT2D eigenvalue weighted by Crippen LogP contribution is 2.29. The van der Waals surface area contributed by atoms with E-state index in [0.717, 1.165) is 32.1 Å². The molecule has 1 saturated carbocycles.